The maximum atomic E-state index is 13.5. The first kappa shape index (κ1) is 20.2. The molecular weight excluding hydrogens is 382 g/mol. The number of rotatable bonds is 4. The second-order valence-corrected chi connectivity index (χ2v) is 8.99. The lowest BCUT2D eigenvalue weighted by Crippen LogP contribution is -2.41. The van der Waals surface area contributed by atoms with Crippen molar-refractivity contribution in [3.8, 4) is 0 Å². The number of hydrogen-bond donors (Lipinski definition) is 0. The number of likely N-dealkylation sites (tertiary alicyclic amines) is 1. The van der Waals surface area contributed by atoms with E-state index in [0.29, 0.717) is 6.54 Å². The van der Waals surface area contributed by atoms with Crippen molar-refractivity contribution in [1.82, 2.24) is 9.91 Å². The minimum atomic E-state index is 0.00737. The molecule has 5 rings (SSSR count). The molecule has 31 heavy (non-hydrogen) atoms. The molecule has 1 aliphatic carbocycles. The molecule has 0 aromatic heterocycles. The van der Waals surface area contributed by atoms with Crippen molar-refractivity contribution in [3.63, 3.8) is 0 Å². The average molecular weight is 414 g/mol. The van der Waals surface area contributed by atoms with E-state index in [-0.39, 0.29) is 17.9 Å². The Balaban J connectivity index is 1.47. The predicted molar refractivity (Wildman–Crippen MR) is 126 cm³/mol. The number of carbonyl (C=O) groups excluding carboxylic acids is 1. The number of amides is 1. The van der Waals surface area contributed by atoms with Crippen LogP contribution in [0, 0.1) is 5.92 Å². The molecule has 1 amide bonds. The third-order valence-corrected chi connectivity index (χ3v) is 6.85. The summed E-state index contributed by atoms with van der Waals surface area (Å²) in [5, 5.41) is 6.84. The number of hydrogen-bond acceptors (Lipinski definition) is 3. The lowest BCUT2D eigenvalue weighted by atomic mass is 9.77. The standard InChI is InChI=1S/C27H31N3O/c31-25(20-29-17-8-3-9-18-29)30-27(22-13-6-2-7-14-22)24-16-10-15-23(26(24)28-30)19-21-11-4-1-5-12-21/h1-2,4-7,11-14,19,24,27H,3,8-10,15-18,20H2/b23-19-/t24-,27-/m1/s1. The molecule has 160 valence electrons. The van der Waals surface area contributed by atoms with Crippen LogP contribution in [0.4, 0.5) is 0 Å². The van der Waals surface area contributed by atoms with E-state index in [2.05, 4.69) is 59.5 Å². The van der Waals surface area contributed by atoms with E-state index in [9.17, 15) is 4.79 Å². The van der Waals surface area contributed by atoms with Gasteiger partial charge in [0.15, 0.2) is 0 Å². The van der Waals surface area contributed by atoms with Crippen LogP contribution < -0.4 is 0 Å². The Labute approximate surface area is 185 Å². The number of piperidine rings is 1. The summed E-state index contributed by atoms with van der Waals surface area (Å²) < 4.78 is 0. The molecule has 4 heteroatoms. The Morgan fingerprint density at radius 1 is 0.935 bits per heavy atom. The number of allylic oxidation sites excluding steroid dienone is 1. The summed E-state index contributed by atoms with van der Waals surface area (Å²) in [5.41, 5.74) is 4.81. The van der Waals surface area contributed by atoms with Gasteiger partial charge in [0.2, 0.25) is 0 Å². The normalized spacial score (nSPS) is 25.4. The SMILES string of the molecule is O=C(CN1CCCCC1)N1N=C2/C(=C\c3ccccc3)CCC[C@H]2[C@H]1c1ccccc1. The first-order chi connectivity index (χ1) is 15.3. The van der Waals surface area contributed by atoms with Gasteiger partial charge in [-0.05, 0) is 68.0 Å². The van der Waals surface area contributed by atoms with Crippen LogP contribution in [0.1, 0.15) is 55.7 Å². The molecule has 4 nitrogen and oxygen atoms in total. The molecule has 1 saturated carbocycles. The number of hydrazone groups is 1. The molecule has 1 saturated heterocycles. The van der Waals surface area contributed by atoms with Crippen LogP contribution in [0.15, 0.2) is 71.3 Å². The second kappa shape index (κ2) is 9.19. The van der Waals surface area contributed by atoms with Crippen molar-refractivity contribution < 1.29 is 4.79 Å². The number of fused-ring (bicyclic) bond motifs is 1. The van der Waals surface area contributed by atoms with Gasteiger partial charge in [-0.1, -0.05) is 67.1 Å². The lowest BCUT2D eigenvalue weighted by molar-refractivity contribution is -0.135. The Morgan fingerprint density at radius 3 is 2.39 bits per heavy atom. The molecule has 0 bridgehead atoms. The van der Waals surface area contributed by atoms with Crippen molar-refractivity contribution in [2.24, 2.45) is 11.0 Å². The minimum Gasteiger partial charge on any atom is -0.294 e. The predicted octanol–water partition coefficient (Wildman–Crippen LogP) is 5.30. The average Bonchev–Trinajstić information content (AvgIpc) is 3.22. The fourth-order valence-corrected chi connectivity index (χ4v) is 5.32. The summed E-state index contributed by atoms with van der Waals surface area (Å²) in [7, 11) is 0. The highest BCUT2D eigenvalue weighted by Crippen LogP contribution is 2.44. The lowest BCUT2D eigenvalue weighted by Gasteiger charge is -2.31. The van der Waals surface area contributed by atoms with Crippen LogP contribution in [-0.2, 0) is 4.79 Å². The highest BCUT2D eigenvalue weighted by Gasteiger charge is 2.43. The Kier molecular flexibility index (Phi) is 5.99. The van der Waals surface area contributed by atoms with Gasteiger partial charge in [0, 0.05) is 5.92 Å². The quantitative estimate of drug-likeness (QED) is 0.682. The van der Waals surface area contributed by atoms with Crippen LogP contribution in [0.5, 0.6) is 0 Å². The van der Waals surface area contributed by atoms with Gasteiger partial charge in [0.25, 0.3) is 5.91 Å². The maximum absolute atomic E-state index is 13.5. The highest BCUT2D eigenvalue weighted by molar-refractivity contribution is 6.08. The van der Waals surface area contributed by atoms with Crippen molar-refractivity contribution in [3.05, 3.63) is 77.4 Å². The van der Waals surface area contributed by atoms with E-state index in [0.717, 1.165) is 38.1 Å². The van der Waals surface area contributed by atoms with E-state index in [1.165, 1.54) is 36.0 Å². The summed E-state index contributed by atoms with van der Waals surface area (Å²) in [6.07, 6.45) is 9.18. The van der Waals surface area contributed by atoms with Crippen LogP contribution in [0.3, 0.4) is 0 Å². The van der Waals surface area contributed by atoms with E-state index in [4.69, 9.17) is 5.10 Å². The number of nitrogens with zero attached hydrogens (tertiary/aromatic N) is 3. The van der Waals surface area contributed by atoms with E-state index in [1.54, 1.807) is 0 Å². The molecule has 0 unspecified atom stereocenters. The fraction of sp³-hybridized carbons (Fsp3) is 0.407. The van der Waals surface area contributed by atoms with Gasteiger partial charge in [0.05, 0.1) is 18.3 Å². The number of benzene rings is 2. The molecule has 3 aliphatic rings. The third kappa shape index (κ3) is 4.35. The molecule has 2 atom stereocenters. The molecule has 2 aromatic carbocycles. The molecule has 0 N–H and O–H groups in total. The largest absolute Gasteiger partial charge is 0.294 e. The van der Waals surface area contributed by atoms with Crippen molar-refractivity contribution in [2.75, 3.05) is 19.6 Å². The van der Waals surface area contributed by atoms with Crippen molar-refractivity contribution in [2.45, 2.75) is 44.6 Å². The Morgan fingerprint density at radius 2 is 1.65 bits per heavy atom. The smallest absolute Gasteiger partial charge is 0.257 e. The third-order valence-electron chi connectivity index (χ3n) is 6.85. The monoisotopic (exact) mass is 413 g/mol. The summed E-state index contributed by atoms with van der Waals surface area (Å²) >= 11 is 0. The fourth-order valence-electron chi connectivity index (χ4n) is 5.32. The summed E-state index contributed by atoms with van der Waals surface area (Å²) in [6.45, 7) is 2.52. The van der Waals surface area contributed by atoms with Gasteiger partial charge in [-0.15, -0.1) is 0 Å². The summed E-state index contributed by atoms with van der Waals surface area (Å²) in [5.74, 6) is 0.410. The zero-order chi connectivity index (χ0) is 21.0. The molecular formula is C27H31N3O. The van der Waals surface area contributed by atoms with Gasteiger partial charge >= 0.3 is 0 Å². The zero-order valence-corrected chi connectivity index (χ0v) is 18.1. The number of carbonyl (C=O) groups is 1. The first-order valence-corrected chi connectivity index (χ1v) is 11.7. The first-order valence-electron chi connectivity index (χ1n) is 11.7. The van der Waals surface area contributed by atoms with Gasteiger partial charge in [-0.2, -0.15) is 5.10 Å². The molecule has 0 radical (unpaired) electrons. The van der Waals surface area contributed by atoms with Crippen LogP contribution >= 0.6 is 0 Å². The Hall–Kier alpha value is -2.72. The summed E-state index contributed by atoms with van der Waals surface area (Å²) in [6, 6.07) is 21.0. The van der Waals surface area contributed by atoms with Gasteiger partial charge in [-0.25, -0.2) is 5.01 Å². The van der Waals surface area contributed by atoms with Gasteiger partial charge in [0.1, 0.15) is 0 Å². The van der Waals surface area contributed by atoms with Crippen molar-refractivity contribution >= 4 is 17.7 Å². The van der Waals surface area contributed by atoms with Crippen LogP contribution in [-0.4, -0.2) is 41.2 Å². The molecule has 2 aromatic rings. The molecule has 2 heterocycles. The zero-order valence-electron chi connectivity index (χ0n) is 18.1. The van der Waals surface area contributed by atoms with Crippen LogP contribution in [0.2, 0.25) is 0 Å². The second-order valence-electron chi connectivity index (χ2n) is 8.99. The van der Waals surface area contributed by atoms with Gasteiger partial charge in [-0.3, -0.25) is 9.69 Å². The van der Waals surface area contributed by atoms with Crippen molar-refractivity contribution in [1.29, 1.82) is 0 Å². The summed E-state index contributed by atoms with van der Waals surface area (Å²) in [4.78, 5) is 15.8. The van der Waals surface area contributed by atoms with E-state index >= 15 is 0 Å². The van der Waals surface area contributed by atoms with Gasteiger partial charge < -0.3 is 0 Å². The minimum absolute atomic E-state index is 0.00737. The topological polar surface area (TPSA) is 35.9 Å². The molecule has 2 fully saturated rings. The Bertz CT molecular complexity index is 960. The maximum Gasteiger partial charge on any atom is 0.257 e. The van der Waals surface area contributed by atoms with E-state index < -0.39 is 0 Å². The molecule has 0 spiro atoms. The molecule has 2 aliphatic heterocycles. The highest BCUT2D eigenvalue weighted by atomic mass is 16.2. The van der Waals surface area contributed by atoms with E-state index in [1.807, 2.05) is 17.1 Å². The van der Waals surface area contributed by atoms with Crippen LogP contribution in [0.25, 0.3) is 6.08 Å².